The van der Waals surface area contributed by atoms with Crippen molar-refractivity contribution in [1.82, 2.24) is 10.2 Å². The van der Waals surface area contributed by atoms with Crippen molar-refractivity contribution in [3.8, 4) is 0 Å². The minimum Gasteiger partial charge on any atom is -0.369 e. The summed E-state index contributed by atoms with van der Waals surface area (Å²) in [6.07, 6.45) is 3.30. The molecule has 0 bridgehead atoms. The molecular formula is C17H28FN3. The molecule has 3 nitrogen and oxygen atoms in total. The molecule has 1 heterocycles. The summed E-state index contributed by atoms with van der Waals surface area (Å²) >= 11 is 0. The van der Waals surface area contributed by atoms with Crippen LogP contribution in [0.25, 0.3) is 0 Å². The van der Waals surface area contributed by atoms with E-state index in [4.69, 9.17) is 0 Å². The molecule has 0 spiro atoms. The molecule has 1 N–H and O–H groups in total. The third-order valence-electron chi connectivity index (χ3n) is 4.32. The van der Waals surface area contributed by atoms with Crippen LogP contribution >= 0.6 is 0 Å². The minimum absolute atomic E-state index is 0.0888. The van der Waals surface area contributed by atoms with Gasteiger partial charge in [-0.2, -0.15) is 0 Å². The van der Waals surface area contributed by atoms with Crippen LogP contribution in [0.15, 0.2) is 18.2 Å². The lowest BCUT2D eigenvalue weighted by molar-refractivity contribution is 0.249. The summed E-state index contributed by atoms with van der Waals surface area (Å²) < 4.78 is 14.3. The number of nitrogens with zero attached hydrogens (tertiary/aromatic N) is 2. The first kappa shape index (κ1) is 16.2. The van der Waals surface area contributed by atoms with Crippen molar-refractivity contribution in [1.29, 1.82) is 0 Å². The fourth-order valence-corrected chi connectivity index (χ4v) is 3.06. The van der Waals surface area contributed by atoms with Gasteiger partial charge in [-0.15, -0.1) is 0 Å². The topological polar surface area (TPSA) is 18.5 Å². The molecule has 0 aliphatic carbocycles. The largest absolute Gasteiger partial charge is 0.369 e. The molecule has 1 aliphatic rings. The Balaban J connectivity index is 2.08. The van der Waals surface area contributed by atoms with E-state index in [1.807, 2.05) is 12.1 Å². The summed E-state index contributed by atoms with van der Waals surface area (Å²) in [5.74, 6) is -0.0888. The van der Waals surface area contributed by atoms with Gasteiger partial charge >= 0.3 is 0 Å². The summed E-state index contributed by atoms with van der Waals surface area (Å²) in [6.45, 7) is 5.73. The quantitative estimate of drug-likeness (QED) is 0.814. The molecule has 0 radical (unpaired) electrons. The van der Waals surface area contributed by atoms with Crippen LogP contribution in [0, 0.1) is 5.82 Å². The van der Waals surface area contributed by atoms with Gasteiger partial charge < -0.3 is 15.1 Å². The lowest BCUT2D eigenvalue weighted by atomic mass is 10.0. The summed E-state index contributed by atoms with van der Waals surface area (Å²) in [4.78, 5) is 4.50. The van der Waals surface area contributed by atoms with Crippen molar-refractivity contribution >= 4 is 5.69 Å². The van der Waals surface area contributed by atoms with Gasteiger partial charge in [0, 0.05) is 25.7 Å². The van der Waals surface area contributed by atoms with Crippen molar-refractivity contribution in [3.05, 3.63) is 29.6 Å². The number of anilines is 1. The minimum atomic E-state index is -0.0888. The second-order valence-electron chi connectivity index (χ2n) is 6.11. The number of halogens is 1. The van der Waals surface area contributed by atoms with Crippen LogP contribution in [0.3, 0.4) is 0 Å². The van der Waals surface area contributed by atoms with Gasteiger partial charge in [0.2, 0.25) is 0 Å². The highest BCUT2D eigenvalue weighted by Crippen LogP contribution is 2.28. The summed E-state index contributed by atoms with van der Waals surface area (Å²) in [5, 5.41) is 3.38. The number of hydrogen-bond donors (Lipinski definition) is 1. The van der Waals surface area contributed by atoms with E-state index in [1.165, 1.54) is 0 Å². The van der Waals surface area contributed by atoms with Crippen LogP contribution in [0.2, 0.25) is 0 Å². The van der Waals surface area contributed by atoms with Gasteiger partial charge in [0.15, 0.2) is 0 Å². The van der Waals surface area contributed by atoms with Crippen molar-refractivity contribution in [2.45, 2.75) is 38.8 Å². The second kappa shape index (κ2) is 7.76. The number of piperidine rings is 1. The molecule has 0 atom stereocenters. The lowest BCUT2D eigenvalue weighted by Gasteiger charge is -2.37. The van der Waals surface area contributed by atoms with Crippen molar-refractivity contribution in [2.75, 3.05) is 38.6 Å². The molecule has 1 aromatic carbocycles. The molecular weight excluding hydrogens is 265 g/mol. The number of para-hydroxylation sites is 1. The second-order valence-corrected chi connectivity index (χ2v) is 6.11. The van der Waals surface area contributed by atoms with E-state index in [1.54, 1.807) is 6.07 Å². The summed E-state index contributed by atoms with van der Waals surface area (Å²) in [6, 6.07) is 6.05. The normalized spacial score (nSPS) is 16.7. The highest BCUT2D eigenvalue weighted by atomic mass is 19.1. The Kier molecular flexibility index (Phi) is 6.00. The molecule has 21 heavy (non-hydrogen) atoms. The van der Waals surface area contributed by atoms with Crippen molar-refractivity contribution in [3.63, 3.8) is 0 Å². The molecule has 1 fully saturated rings. The molecule has 0 amide bonds. The first-order chi connectivity index (χ1) is 10.1. The fourth-order valence-electron chi connectivity index (χ4n) is 3.06. The van der Waals surface area contributed by atoms with Gasteiger partial charge in [-0.3, -0.25) is 0 Å². The maximum atomic E-state index is 14.3. The Morgan fingerprint density at radius 2 is 2.00 bits per heavy atom. The van der Waals surface area contributed by atoms with Crippen LogP contribution in [0.1, 0.15) is 31.7 Å². The van der Waals surface area contributed by atoms with Crippen molar-refractivity contribution in [2.24, 2.45) is 0 Å². The maximum absolute atomic E-state index is 14.3. The van der Waals surface area contributed by atoms with E-state index in [2.05, 4.69) is 36.1 Å². The molecule has 1 aromatic rings. The number of rotatable bonds is 6. The van der Waals surface area contributed by atoms with Crippen LogP contribution < -0.4 is 10.2 Å². The Morgan fingerprint density at radius 3 is 2.62 bits per heavy atom. The van der Waals surface area contributed by atoms with Gasteiger partial charge in [-0.1, -0.05) is 19.1 Å². The average Bonchev–Trinajstić information content (AvgIpc) is 2.48. The zero-order chi connectivity index (χ0) is 15.2. The van der Waals surface area contributed by atoms with E-state index in [9.17, 15) is 4.39 Å². The van der Waals surface area contributed by atoms with Gasteiger partial charge in [-0.05, 0) is 51.5 Å². The first-order valence-corrected chi connectivity index (χ1v) is 8.03. The third kappa shape index (κ3) is 4.17. The molecule has 1 aliphatic heterocycles. The summed E-state index contributed by atoms with van der Waals surface area (Å²) in [5.41, 5.74) is 1.88. The molecule has 0 saturated carbocycles. The Morgan fingerprint density at radius 1 is 1.29 bits per heavy atom. The zero-order valence-electron chi connectivity index (χ0n) is 13.5. The standard InChI is InChI=1S/C17H28FN3/c1-4-10-19-13-14-6-5-7-16(18)17(14)21-11-8-15(9-12-21)20(2)3/h5-7,15,19H,4,8-13H2,1-3H3. The van der Waals surface area contributed by atoms with Gasteiger partial charge in [0.25, 0.3) is 0 Å². The Bertz CT molecular complexity index is 440. The van der Waals surface area contributed by atoms with Gasteiger partial charge in [-0.25, -0.2) is 4.39 Å². The fraction of sp³-hybridized carbons (Fsp3) is 0.647. The molecule has 2 rings (SSSR count). The zero-order valence-corrected chi connectivity index (χ0v) is 13.5. The maximum Gasteiger partial charge on any atom is 0.146 e. The van der Waals surface area contributed by atoms with E-state index >= 15 is 0 Å². The molecule has 4 heteroatoms. The molecule has 0 unspecified atom stereocenters. The molecule has 118 valence electrons. The van der Waals surface area contributed by atoms with Crippen molar-refractivity contribution < 1.29 is 4.39 Å². The Hall–Kier alpha value is -1.13. The van der Waals surface area contributed by atoms with Gasteiger partial charge in [0.1, 0.15) is 5.82 Å². The molecule has 0 aromatic heterocycles. The van der Waals surface area contributed by atoms with Gasteiger partial charge in [0.05, 0.1) is 5.69 Å². The van der Waals surface area contributed by atoms with Crippen LogP contribution in [0.5, 0.6) is 0 Å². The number of hydrogen-bond acceptors (Lipinski definition) is 3. The van der Waals surface area contributed by atoms with Crippen LogP contribution in [0.4, 0.5) is 10.1 Å². The van der Waals surface area contributed by atoms with E-state index in [-0.39, 0.29) is 5.82 Å². The first-order valence-electron chi connectivity index (χ1n) is 8.03. The number of benzene rings is 1. The SMILES string of the molecule is CCCNCc1cccc(F)c1N1CCC(N(C)C)CC1. The molecule has 1 saturated heterocycles. The van der Waals surface area contributed by atoms with Crippen LogP contribution in [-0.4, -0.2) is 44.7 Å². The van der Waals surface area contributed by atoms with E-state index < -0.39 is 0 Å². The third-order valence-corrected chi connectivity index (χ3v) is 4.32. The predicted molar refractivity (Wildman–Crippen MR) is 87.3 cm³/mol. The monoisotopic (exact) mass is 293 g/mol. The van der Waals surface area contributed by atoms with E-state index in [0.29, 0.717) is 6.04 Å². The highest BCUT2D eigenvalue weighted by molar-refractivity contribution is 5.55. The lowest BCUT2D eigenvalue weighted by Crippen LogP contribution is -2.42. The van der Waals surface area contributed by atoms with E-state index in [0.717, 1.165) is 56.7 Å². The van der Waals surface area contributed by atoms with Crippen LogP contribution in [-0.2, 0) is 6.54 Å². The number of nitrogens with one attached hydrogen (secondary N) is 1. The Labute approximate surface area is 128 Å². The predicted octanol–water partition coefficient (Wildman–Crippen LogP) is 2.86. The summed E-state index contributed by atoms with van der Waals surface area (Å²) in [7, 11) is 4.26. The highest BCUT2D eigenvalue weighted by Gasteiger charge is 2.24. The average molecular weight is 293 g/mol. The smallest absolute Gasteiger partial charge is 0.146 e.